The lowest BCUT2D eigenvalue weighted by atomic mass is 9.78. The van der Waals surface area contributed by atoms with E-state index in [1.807, 2.05) is 20.8 Å². The molecule has 10 nitrogen and oxygen atoms in total. The molecular weight excluding hydrogens is 540 g/mol. The van der Waals surface area contributed by atoms with Crippen LogP contribution in [0.1, 0.15) is 85.1 Å². The number of aliphatic hydroxyl groups excluding tert-OH is 2. The molecular formula is C32H40N2O8. The van der Waals surface area contributed by atoms with Crippen molar-refractivity contribution in [3.05, 3.63) is 63.1 Å². The summed E-state index contributed by atoms with van der Waals surface area (Å²) in [6, 6.07) is 2.52. The number of carbonyl (C=O) groups is 3. The minimum absolute atomic E-state index is 0.123. The number of hydrogen-bond acceptors (Lipinski definition) is 9. The van der Waals surface area contributed by atoms with Crippen molar-refractivity contribution in [1.29, 1.82) is 0 Å². The zero-order chi connectivity index (χ0) is 31.1. The molecule has 1 aromatic carbocycles. The Balaban J connectivity index is 1.98. The molecule has 42 heavy (non-hydrogen) atoms. The molecule has 0 aromatic heterocycles. The summed E-state index contributed by atoms with van der Waals surface area (Å²) in [5.41, 5.74) is -1.70. The van der Waals surface area contributed by atoms with Crippen LogP contribution in [0, 0.1) is 16.7 Å². The lowest BCUT2D eigenvalue weighted by Crippen LogP contribution is -2.34. The van der Waals surface area contributed by atoms with Gasteiger partial charge in [-0.1, -0.05) is 47.0 Å². The normalized spacial score (nSPS) is 19.0. The van der Waals surface area contributed by atoms with Crippen LogP contribution in [-0.2, 0) is 14.4 Å². The van der Waals surface area contributed by atoms with Gasteiger partial charge in [0.25, 0.3) is 0 Å². The summed E-state index contributed by atoms with van der Waals surface area (Å²) >= 11 is 0. The van der Waals surface area contributed by atoms with Crippen molar-refractivity contribution < 1.29 is 34.4 Å². The van der Waals surface area contributed by atoms with Gasteiger partial charge in [-0.25, -0.2) is 0 Å². The van der Waals surface area contributed by atoms with Crippen LogP contribution in [0.25, 0.3) is 5.57 Å². The summed E-state index contributed by atoms with van der Waals surface area (Å²) in [4.78, 5) is 50.3. The topological polar surface area (TPSA) is 163 Å². The summed E-state index contributed by atoms with van der Waals surface area (Å²) in [7, 11) is 0. The first kappa shape index (κ1) is 32.3. The number of Topliss-reactive ketones (excluding diaryl/α,β-unsaturated/α-hetero) is 1. The van der Waals surface area contributed by atoms with E-state index in [-0.39, 0.29) is 57.3 Å². The number of benzene rings is 1. The molecule has 1 amide bonds. The molecule has 0 bridgehead atoms. The van der Waals surface area contributed by atoms with Crippen LogP contribution < -0.4 is 10.1 Å². The number of ketones is 2. The van der Waals surface area contributed by atoms with E-state index in [1.165, 1.54) is 12.1 Å². The highest BCUT2D eigenvalue weighted by Gasteiger charge is 2.42. The van der Waals surface area contributed by atoms with Crippen molar-refractivity contribution >= 4 is 28.7 Å². The third-order valence-corrected chi connectivity index (χ3v) is 7.82. The molecule has 0 spiro atoms. The standard InChI is InChI=1S/C32H40N2O8/c1-6-9-10-19(8-3)32(40)33-22-13-20(35)14-24(36)26(22)28-30(38)29(31(28)39)27-23(34-41)15-21(16-25(27)37)42-18(5)12-11-17(4)7-2/h13-19,36-38H,6-12H2,1-5H3,(H,33,40)/b28-26-. The van der Waals surface area contributed by atoms with Crippen molar-refractivity contribution in [2.45, 2.75) is 85.7 Å². The number of phenolic OH excluding ortho intramolecular Hbond substituents is 1. The quantitative estimate of drug-likeness (QED) is 0.138. The fourth-order valence-corrected chi connectivity index (χ4v) is 5.03. The second-order valence-corrected chi connectivity index (χ2v) is 11.0. The minimum Gasteiger partial charge on any atom is -0.507 e. The lowest BCUT2D eigenvalue weighted by Gasteiger charge is -2.28. The van der Waals surface area contributed by atoms with Gasteiger partial charge in [0.05, 0.1) is 34.1 Å². The molecule has 3 rings (SSSR count). The van der Waals surface area contributed by atoms with E-state index in [0.29, 0.717) is 18.8 Å². The molecule has 3 atom stereocenters. The highest BCUT2D eigenvalue weighted by Crippen LogP contribution is 2.48. The van der Waals surface area contributed by atoms with Gasteiger partial charge >= 0.3 is 0 Å². The molecule has 0 radical (unpaired) electrons. The van der Waals surface area contributed by atoms with E-state index in [2.05, 4.69) is 24.3 Å². The number of rotatable bonds is 14. The molecule has 0 saturated carbocycles. The monoisotopic (exact) mass is 580 g/mol. The SMILES string of the molecule is CCCCC(CC)C(=O)NC1=CC(=O)C=C(O)/C1=C1\C(=O)C(c2c(O)cc(OC(C)CCC(C)CC)cc2N=O)=C1O. The number of nitrogens with one attached hydrogen (secondary N) is 1. The molecule has 0 saturated heterocycles. The van der Waals surface area contributed by atoms with Crippen LogP contribution >= 0.6 is 0 Å². The maximum absolute atomic E-state index is 13.4. The van der Waals surface area contributed by atoms with Crippen LogP contribution in [0.3, 0.4) is 0 Å². The van der Waals surface area contributed by atoms with Gasteiger partial charge in [-0.05, 0) is 43.7 Å². The van der Waals surface area contributed by atoms with Crippen LogP contribution in [0.4, 0.5) is 5.69 Å². The number of allylic oxidation sites excluding steroid dienone is 4. The average Bonchev–Trinajstić information content (AvgIpc) is 2.94. The Labute approximate surface area is 245 Å². The van der Waals surface area contributed by atoms with Crippen molar-refractivity contribution in [3.63, 3.8) is 0 Å². The van der Waals surface area contributed by atoms with Crippen molar-refractivity contribution in [3.8, 4) is 11.5 Å². The molecule has 0 heterocycles. The number of ether oxygens (including phenoxy) is 1. The van der Waals surface area contributed by atoms with Crippen LogP contribution in [0.5, 0.6) is 11.5 Å². The van der Waals surface area contributed by atoms with E-state index in [9.17, 15) is 34.6 Å². The zero-order valence-electron chi connectivity index (χ0n) is 24.8. The van der Waals surface area contributed by atoms with E-state index in [4.69, 9.17) is 4.74 Å². The van der Waals surface area contributed by atoms with Gasteiger partial charge in [-0.3, -0.25) is 14.4 Å². The Morgan fingerprint density at radius 2 is 1.67 bits per heavy atom. The summed E-state index contributed by atoms with van der Waals surface area (Å²) < 4.78 is 5.87. The fourth-order valence-electron chi connectivity index (χ4n) is 5.03. The Hall–Kier alpha value is -4.21. The maximum Gasteiger partial charge on any atom is 0.227 e. The largest absolute Gasteiger partial charge is 0.507 e. The second kappa shape index (κ2) is 14.1. The Morgan fingerprint density at radius 1 is 0.952 bits per heavy atom. The number of aromatic hydroxyl groups is 1. The third-order valence-electron chi connectivity index (χ3n) is 7.82. The van der Waals surface area contributed by atoms with E-state index in [0.717, 1.165) is 44.3 Å². The Morgan fingerprint density at radius 3 is 2.26 bits per heavy atom. The number of amides is 1. The molecule has 0 aliphatic heterocycles. The van der Waals surface area contributed by atoms with Crippen LogP contribution in [0.15, 0.2) is 57.8 Å². The Bertz CT molecular complexity index is 1380. The highest BCUT2D eigenvalue weighted by molar-refractivity contribution is 6.40. The van der Waals surface area contributed by atoms with E-state index < -0.39 is 28.8 Å². The predicted octanol–water partition coefficient (Wildman–Crippen LogP) is 6.77. The first-order chi connectivity index (χ1) is 20.0. The molecule has 2 aliphatic carbocycles. The molecule has 1 aromatic rings. The zero-order valence-corrected chi connectivity index (χ0v) is 24.8. The van der Waals surface area contributed by atoms with Gasteiger partial charge in [0.1, 0.15) is 28.7 Å². The number of hydrogen-bond donors (Lipinski definition) is 4. The van der Waals surface area contributed by atoms with Crippen LogP contribution in [0.2, 0.25) is 0 Å². The first-order valence-electron chi connectivity index (χ1n) is 14.5. The first-order valence-corrected chi connectivity index (χ1v) is 14.5. The molecule has 2 aliphatic rings. The number of aliphatic hydroxyl groups is 2. The average molecular weight is 581 g/mol. The second-order valence-electron chi connectivity index (χ2n) is 11.0. The number of nitrogens with zero attached hydrogens (tertiary/aromatic N) is 1. The van der Waals surface area contributed by atoms with Gasteiger partial charge in [0.15, 0.2) is 5.78 Å². The van der Waals surface area contributed by atoms with Crippen molar-refractivity contribution in [2.24, 2.45) is 17.0 Å². The van der Waals surface area contributed by atoms with Gasteiger partial charge < -0.3 is 25.4 Å². The highest BCUT2D eigenvalue weighted by atomic mass is 16.5. The third kappa shape index (κ3) is 6.98. The number of phenols is 1. The predicted molar refractivity (Wildman–Crippen MR) is 159 cm³/mol. The molecule has 0 fully saturated rings. The van der Waals surface area contributed by atoms with E-state index in [1.54, 1.807) is 0 Å². The molecule has 3 unspecified atom stereocenters. The molecule has 226 valence electrons. The maximum atomic E-state index is 13.4. The summed E-state index contributed by atoms with van der Waals surface area (Å²) in [5.74, 6) is -3.19. The molecule has 4 N–H and O–H groups in total. The number of carbonyl (C=O) groups excluding carboxylic acids is 3. The fraction of sp³-hybridized carbons (Fsp3) is 0.469. The van der Waals surface area contributed by atoms with Gasteiger partial charge in [0, 0.05) is 30.2 Å². The summed E-state index contributed by atoms with van der Waals surface area (Å²) in [6.45, 7) is 9.99. The number of unbranched alkanes of at least 4 members (excludes halogenated alkanes) is 1. The summed E-state index contributed by atoms with van der Waals surface area (Å²) in [6.07, 6.45) is 7.35. The van der Waals surface area contributed by atoms with Gasteiger partial charge in [0.2, 0.25) is 11.7 Å². The smallest absolute Gasteiger partial charge is 0.227 e. The van der Waals surface area contributed by atoms with Crippen molar-refractivity contribution in [2.75, 3.05) is 0 Å². The molecule has 10 heteroatoms. The lowest BCUT2D eigenvalue weighted by molar-refractivity contribution is -0.124. The van der Waals surface area contributed by atoms with E-state index >= 15 is 0 Å². The van der Waals surface area contributed by atoms with Gasteiger partial charge in [-0.2, -0.15) is 0 Å². The Kier molecular flexibility index (Phi) is 10.9. The van der Waals surface area contributed by atoms with Crippen molar-refractivity contribution in [1.82, 2.24) is 5.32 Å². The number of nitroso groups, excluding NO2 is 1. The van der Waals surface area contributed by atoms with Gasteiger partial charge in [-0.15, -0.1) is 4.91 Å². The summed E-state index contributed by atoms with van der Waals surface area (Å²) in [5, 5.41) is 38.0. The minimum atomic E-state index is -0.814. The van der Waals surface area contributed by atoms with Crippen LogP contribution in [-0.4, -0.2) is 38.9 Å².